The molecule has 11 heavy (non-hydrogen) atoms. The van der Waals surface area contributed by atoms with Crippen molar-refractivity contribution >= 4 is 5.78 Å². The smallest absolute Gasteiger partial charge is 0.139 e. The molecule has 0 saturated heterocycles. The molecule has 0 radical (unpaired) electrons. The zero-order valence-corrected chi connectivity index (χ0v) is 6.62. The van der Waals surface area contributed by atoms with Crippen LogP contribution in [0.4, 0.5) is 0 Å². The summed E-state index contributed by atoms with van der Waals surface area (Å²) in [5, 5.41) is 0. The Kier molecular flexibility index (Phi) is 0.912. The van der Waals surface area contributed by atoms with E-state index < -0.39 is 0 Å². The van der Waals surface area contributed by atoms with Crippen molar-refractivity contribution in [3.8, 4) is 0 Å². The first-order valence-electron chi connectivity index (χ1n) is 5.29. The van der Waals surface area contributed by atoms with E-state index in [0.717, 1.165) is 25.7 Å². The number of ketones is 1. The van der Waals surface area contributed by atoms with Gasteiger partial charge in [0, 0.05) is 13.2 Å². The van der Waals surface area contributed by atoms with Crippen LogP contribution in [-0.2, 0) is 4.79 Å². The Morgan fingerprint density at radius 3 is 2.00 bits per heavy atom. The van der Waals surface area contributed by atoms with Crippen molar-refractivity contribution in [2.45, 2.75) is 32.1 Å². The van der Waals surface area contributed by atoms with E-state index in [1.807, 2.05) is 0 Å². The average molecular weight is 151 g/mol. The summed E-state index contributed by atoms with van der Waals surface area (Å²) in [6.45, 7) is 0. The number of hydrogen-bond acceptors (Lipinski definition) is 1. The van der Waals surface area contributed by atoms with Gasteiger partial charge in [0.25, 0.3) is 0 Å². The zero-order valence-electron chi connectivity index (χ0n) is 7.62. The molecule has 0 spiro atoms. The molecule has 1 heteroatoms. The highest BCUT2D eigenvalue weighted by atomic mass is 16.1. The molecule has 0 heterocycles. The predicted molar refractivity (Wildman–Crippen MR) is 42.1 cm³/mol. The van der Waals surface area contributed by atoms with Crippen molar-refractivity contribution in [1.82, 2.24) is 0 Å². The van der Waals surface area contributed by atoms with E-state index in [1.54, 1.807) is 0 Å². The van der Waals surface area contributed by atoms with Crippen LogP contribution >= 0.6 is 0 Å². The quantitative estimate of drug-likeness (QED) is 0.517. The van der Waals surface area contributed by atoms with Crippen LogP contribution in [-0.4, -0.2) is 5.78 Å². The van der Waals surface area contributed by atoms with Gasteiger partial charge in [0.15, 0.2) is 0 Å². The molecule has 1 nitrogen and oxygen atoms in total. The first-order chi connectivity index (χ1) is 5.75. The van der Waals surface area contributed by atoms with Crippen molar-refractivity contribution in [2.24, 2.45) is 23.7 Å². The molecule has 0 aliphatic heterocycles. The van der Waals surface area contributed by atoms with Gasteiger partial charge in [-0.1, -0.05) is 0 Å². The minimum atomic E-state index is 0.172. The van der Waals surface area contributed by atoms with Gasteiger partial charge in [0.05, 0.1) is 0 Å². The van der Waals surface area contributed by atoms with E-state index >= 15 is 0 Å². The Bertz CT molecular complexity index is 204. The van der Waals surface area contributed by atoms with Crippen LogP contribution < -0.4 is 0 Å². The van der Waals surface area contributed by atoms with Gasteiger partial charge < -0.3 is 0 Å². The first kappa shape index (κ1) is 5.34. The molecule has 60 valence electrons. The Balaban J connectivity index is 1.96. The number of rotatable bonds is 0. The summed E-state index contributed by atoms with van der Waals surface area (Å²) < 4.78 is 7.95. The van der Waals surface area contributed by atoms with Crippen LogP contribution in [0, 0.1) is 23.7 Å². The number of carbonyl (C=O) groups excluding carboxylic acids is 1. The average Bonchev–Trinajstić information content (AvgIpc) is 2.02. The lowest BCUT2D eigenvalue weighted by Crippen LogP contribution is -2.45. The van der Waals surface area contributed by atoms with Crippen LogP contribution in [0.15, 0.2) is 0 Å². The fourth-order valence-electron chi connectivity index (χ4n) is 3.34. The van der Waals surface area contributed by atoms with Crippen molar-refractivity contribution in [1.29, 1.82) is 0 Å². The maximum Gasteiger partial charge on any atom is 0.139 e. The molecular weight excluding hydrogens is 136 g/mol. The molecule has 4 aliphatic rings. The monoisotopic (exact) mass is 151 g/mol. The molecule has 0 N–H and O–H groups in total. The van der Waals surface area contributed by atoms with Gasteiger partial charge in [-0.15, -0.1) is 0 Å². The third-order valence-electron chi connectivity index (χ3n) is 3.70. The van der Waals surface area contributed by atoms with Gasteiger partial charge in [-0.2, -0.15) is 0 Å². The molecule has 0 unspecified atom stereocenters. The standard InChI is InChI=1S/C10H14O/c11-10-8-2-6-1-7(4-8)5-9(10)3-6/h6-9H,1-5H2/i1D. The lowest BCUT2D eigenvalue weighted by atomic mass is 9.56. The van der Waals surface area contributed by atoms with Crippen molar-refractivity contribution in [2.75, 3.05) is 0 Å². The van der Waals surface area contributed by atoms with Gasteiger partial charge in [0.1, 0.15) is 5.78 Å². The minimum Gasteiger partial charge on any atom is -0.299 e. The van der Waals surface area contributed by atoms with Crippen molar-refractivity contribution < 1.29 is 6.17 Å². The van der Waals surface area contributed by atoms with Crippen LogP contribution in [0.3, 0.4) is 0 Å². The predicted octanol–water partition coefficient (Wildman–Crippen LogP) is 2.01. The minimum absolute atomic E-state index is 0.172. The number of carbonyl (C=O) groups is 1. The maximum atomic E-state index is 11.6. The van der Waals surface area contributed by atoms with Gasteiger partial charge >= 0.3 is 0 Å². The van der Waals surface area contributed by atoms with Crippen molar-refractivity contribution in [3.63, 3.8) is 0 Å². The van der Waals surface area contributed by atoms with E-state index in [9.17, 15) is 4.79 Å². The highest BCUT2D eigenvalue weighted by Crippen LogP contribution is 2.51. The number of Topliss-reactive ketones (excluding diaryl/α,β-unsaturated/α-hetero) is 1. The Morgan fingerprint density at radius 1 is 1.09 bits per heavy atom. The molecule has 0 aromatic carbocycles. The molecule has 0 amide bonds. The zero-order chi connectivity index (χ0) is 8.29. The molecule has 4 fully saturated rings. The van der Waals surface area contributed by atoms with Gasteiger partial charge in [0.2, 0.25) is 0 Å². The molecule has 4 bridgehead atoms. The van der Waals surface area contributed by atoms with Gasteiger partial charge in [-0.3, -0.25) is 4.79 Å². The van der Waals surface area contributed by atoms with Crippen LogP contribution in [0.25, 0.3) is 0 Å². The summed E-state index contributed by atoms with van der Waals surface area (Å²) in [5.74, 6) is 2.42. The largest absolute Gasteiger partial charge is 0.299 e. The lowest BCUT2D eigenvalue weighted by Gasteiger charge is -2.48. The van der Waals surface area contributed by atoms with Crippen LogP contribution in [0.1, 0.15) is 33.5 Å². The normalized spacial score (nSPS) is 61.6. The lowest BCUT2D eigenvalue weighted by molar-refractivity contribution is -0.139. The fraction of sp³-hybridized carbons (Fsp3) is 0.900. The van der Waals surface area contributed by atoms with Crippen molar-refractivity contribution in [3.05, 3.63) is 0 Å². The van der Waals surface area contributed by atoms with E-state index in [1.165, 1.54) is 0 Å². The summed E-state index contributed by atoms with van der Waals surface area (Å²) in [6, 6.07) is 0. The van der Waals surface area contributed by atoms with Crippen LogP contribution in [0.2, 0.25) is 0 Å². The summed E-state index contributed by atoms with van der Waals surface area (Å²) >= 11 is 0. The molecule has 0 atom stereocenters. The van der Waals surface area contributed by atoms with E-state index in [0.29, 0.717) is 29.5 Å². The van der Waals surface area contributed by atoms with Gasteiger partial charge in [-0.05, 0) is 43.9 Å². The summed E-state index contributed by atoms with van der Waals surface area (Å²) in [7, 11) is 0. The molecule has 4 rings (SSSR count). The molecule has 0 aromatic rings. The summed E-state index contributed by atoms with van der Waals surface area (Å²) in [5.41, 5.74) is 0. The third-order valence-corrected chi connectivity index (χ3v) is 3.70. The second-order valence-electron chi connectivity index (χ2n) is 4.45. The van der Waals surface area contributed by atoms with Gasteiger partial charge in [-0.25, -0.2) is 0 Å². The SMILES string of the molecule is [2H]C1C2CC3CC1CC(C2)C3=O. The Morgan fingerprint density at radius 2 is 1.55 bits per heavy atom. The number of hydrogen-bond donors (Lipinski definition) is 0. The Hall–Kier alpha value is -0.330. The maximum absolute atomic E-state index is 11.6. The molecule has 4 aliphatic carbocycles. The van der Waals surface area contributed by atoms with E-state index in [4.69, 9.17) is 1.37 Å². The Labute approximate surface area is 68.6 Å². The first-order valence-corrected chi connectivity index (χ1v) is 4.71. The highest BCUT2D eigenvalue weighted by molar-refractivity contribution is 5.85. The summed E-state index contributed by atoms with van der Waals surface area (Å²) in [4.78, 5) is 11.6. The highest BCUT2D eigenvalue weighted by Gasteiger charge is 2.47. The second-order valence-corrected chi connectivity index (χ2v) is 4.45. The van der Waals surface area contributed by atoms with Crippen LogP contribution in [0.5, 0.6) is 0 Å². The third kappa shape index (κ3) is 0.743. The molecule has 4 saturated carbocycles. The fourth-order valence-corrected chi connectivity index (χ4v) is 3.34. The molecule has 0 aromatic heterocycles. The van der Waals surface area contributed by atoms with E-state index in [2.05, 4.69) is 0 Å². The summed E-state index contributed by atoms with van der Waals surface area (Å²) in [6.07, 6.45) is 4.34. The second kappa shape index (κ2) is 1.88. The topological polar surface area (TPSA) is 17.1 Å². The molecular formula is C10H14O. The van der Waals surface area contributed by atoms with E-state index in [-0.39, 0.29) is 6.40 Å².